The van der Waals surface area contributed by atoms with E-state index < -0.39 is 12.7 Å². The molecule has 2 heterocycles. The summed E-state index contributed by atoms with van der Waals surface area (Å²) in [6.45, 7) is -3.18. The number of carbonyl (C=O) groups excluding carboxylic acids is 1. The zero-order chi connectivity index (χ0) is 21.3. The molecule has 1 fully saturated rings. The summed E-state index contributed by atoms with van der Waals surface area (Å²) in [6.07, 6.45) is 0.587. The predicted molar refractivity (Wildman–Crippen MR) is 98.6 cm³/mol. The van der Waals surface area contributed by atoms with Gasteiger partial charge in [-0.1, -0.05) is 16.7 Å². The van der Waals surface area contributed by atoms with Crippen molar-refractivity contribution in [1.82, 2.24) is 15.5 Å². The number of rotatable bonds is 10. The van der Waals surface area contributed by atoms with Crippen LogP contribution in [0.25, 0.3) is 0 Å². The van der Waals surface area contributed by atoms with E-state index in [0.717, 1.165) is 0 Å². The quantitative estimate of drug-likeness (QED) is 0.554. The maximum Gasteiger partial charge on any atom is 0.414 e. The fourth-order valence-electron chi connectivity index (χ4n) is 2.68. The minimum atomic E-state index is -2.86. The molecule has 0 unspecified atom stereocenters. The zero-order valence-corrected chi connectivity index (χ0v) is 16.5. The van der Waals surface area contributed by atoms with E-state index in [4.69, 9.17) is 30.2 Å². The van der Waals surface area contributed by atoms with Gasteiger partial charge in [-0.25, -0.2) is 0 Å². The van der Waals surface area contributed by atoms with Crippen LogP contribution in [0.3, 0.4) is 0 Å². The molecule has 1 saturated heterocycles. The highest BCUT2D eigenvalue weighted by atomic mass is 35.5. The number of benzene rings is 1. The lowest BCUT2D eigenvalue weighted by atomic mass is 10.1. The number of carbonyl (C=O) groups is 1. The van der Waals surface area contributed by atoms with Crippen molar-refractivity contribution in [2.45, 2.75) is 31.6 Å². The van der Waals surface area contributed by atoms with Crippen LogP contribution in [0.1, 0.15) is 24.8 Å². The molecule has 2 atom stereocenters. The molecule has 0 radical (unpaired) electrons. The van der Waals surface area contributed by atoms with Crippen LogP contribution in [0, 0.1) is 0 Å². The van der Waals surface area contributed by atoms with Gasteiger partial charge in [0.15, 0.2) is 6.61 Å². The molecule has 1 N–H and O–H groups in total. The highest BCUT2D eigenvalue weighted by Gasteiger charge is 2.28. The van der Waals surface area contributed by atoms with Gasteiger partial charge < -0.3 is 28.7 Å². The van der Waals surface area contributed by atoms with Gasteiger partial charge in [-0.05, 0) is 37.1 Å². The molecule has 2 aromatic rings. The molecule has 1 aliphatic heterocycles. The Hall–Kier alpha value is -2.50. The molecule has 1 aromatic carbocycles. The SMILES string of the molecule is O=C(COc1ccc(Cl)cc1)N[C@H]1CC[C@H](c2nnc(OCCOC(F)F)o2)OC1. The van der Waals surface area contributed by atoms with Crippen molar-refractivity contribution >= 4 is 17.5 Å². The van der Waals surface area contributed by atoms with E-state index in [0.29, 0.717) is 23.6 Å². The summed E-state index contributed by atoms with van der Waals surface area (Å²) in [5.41, 5.74) is 0. The van der Waals surface area contributed by atoms with Crippen molar-refractivity contribution in [1.29, 1.82) is 0 Å². The Bertz CT molecular complexity index is 799. The minimum absolute atomic E-state index is 0.124. The van der Waals surface area contributed by atoms with Gasteiger partial charge >= 0.3 is 12.7 Å². The van der Waals surface area contributed by atoms with E-state index in [2.05, 4.69) is 20.3 Å². The van der Waals surface area contributed by atoms with Gasteiger partial charge in [-0.3, -0.25) is 4.79 Å². The fraction of sp³-hybridized carbons (Fsp3) is 0.500. The number of nitrogens with zero attached hydrogens (tertiary/aromatic N) is 2. The number of aromatic nitrogens is 2. The summed E-state index contributed by atoms with van der Waals surface area (Å²) in [4.78, 5) is 12.0. The Labute approximate surface area is 175 Å². The Kier molecular flexibility index (Phi) is 8.17. The normalized spacial score (nSPS) is 18.9. The summed E-state index contributed by atoms with van der Waals surface area (Å²) in [5, 5.41) is 10.9. The van der Waals surface area contributed by atoms with Crippen LogP contribution in [0.15, 0.2) is 28.7 Å². The highest BCUT2D eigenvalue weighted by molar-refractivity contribution is 6.30. The van der Waals surface area contributed by atoms with Crippen LogP contribution in [0.2, 0.25) is 5.02 Å². The molecule has 0 saturated carbocycles. The van der Waals surface area contributed by atoms with Crippen molar-refractivity contribution in [3.8, 4) is 11.8 Å². The number of amides is 1. The molecule has 1 amide bonds. The van der Waals surface area contributed by atoms with Crippen molar-refractivity contribution in [2.24, 2.45) is 0 Å². The van der Waals surface area contributed by atoms with Crippen LogP contribution < -0.4 is 14.8 Å². The van der Waals surface area contributed by atoms with E-state index in [9.17, 15) is 13.6 Å². The third kappa shape index (κ3) is 7.08. The van der Waals surface area contributed by atoms with Crippen molar-refractivity contribution in [3.63, 3.8) is 0 Å². The Morgan fingerprint density at radius 1 is 1.20 bits per heavy atom. The lowest BCUT2D eigenvalue weighted by molar-refractivity contribution is -0.134. The average molecular weight is 448 g/mol. The number of alkyl halides is 2. The summed E-state index contributed by atoms with van der Waals surface area (Å²) < 4.78 is 49.2. The molecule has 164 valence electrons. The van der Waals surface area contributed by atoms with Crippen LogP contribution in [-0.2, 0) is 14.3 Å². The number of hydrogen-bond acceptors (Lipinski definition) is 8. The molecule has 12 heteroatoms. The Morgan fingerprint density at radius 3 is 2.70 bits per heavy atom. The molecule has 3 rings (SSSR count). The number of hydrogen-bond donors (Lipinski definition) is 1. The molecular formula is C18H20ClF2N3O6. The minimum Gasteiger partial charge on any atom is -0.484 e. The molecule has 30 heavy (non-hydrogen) atoms. The maximum atomic E-state index is 12.0. The Morgan fingerprint density at radius 2 is 2.00 bits per heavy atom. The summed E-state index contributed by atoms with van der Waals surface area (Å²) in [6, 6.07) is 6.54. The first kappa shape index (κ1) is 22.2. The highest BCUT2D eigenvalue weighted by Crippen LogP contribution is 2.28. The van der Waals surface area contributed by atoms with Crippen molar-refractivity contribution in [2.75, 3.05) is 26.4 Å². The second-order valence-electron chi connectivity index (χ2n) is 6.29. The average Bonchev–Trinajstić information content (AvgIpc) is 3.20. The van der Waals surface area contributed by atoms with Gasteiger partial charge in [0, 0.05) is 5.02 Å². The van der Waals surface area contributed by atoms with Gasteiger partial charge in [0.25, 0.3) is 5.91 Å². The van der Waals surface area contributed by atoms with Gasteiger partial charge in [-0.2, -0.15) is 8.78 Å². The first-order valence-electron chi connectivity index (χ1n) is 9.15. The van der Waals surface area contributed by atoms with Gasteiger partial charge in [0.2, 0.25) is 5.89 Å². The first-order chi connectivity index (χ1) is 14.5. The van der Waals surface area contributed by atoms with Crippen LogP contribution >= 0.6 is 11.6 Å². The number of nitrogens with one attached hydrogen (secondary N) is 1. The summed E-state index contributed by atoms with van der Waals surface area (Å²) in [5.74, 6) is 0.497. The second-order valence-corrected chi connectivity index (χ2v) is 6.73. The molecule has 1 aromatic heterocycles. The molecule has 0 spiro atoms. The van der Waals surface area contributed by atoms with Crippen LogP contribution in [0.5, 0.6) is 11.8 Å². The molecular weight excluding hydrogens is 428 g/mol. The lowest BCUT2D eigenvalue weighted by Crippen LogP contribution is -2.43. The van der Waals surface area contributed by atoms with Gasteiger partial charge in [0.05, 0.1) is 19.3 Å². The monoisotopic (exact) mass is 447 g/mol. The smallest absolute Gasteiger partial charge is 0.414 e. The number of halogens is 3. The topological polar surface area (TPSA) is 105 Å². The maximum absolute atomic E-state index is 12.0. The summed E-state index contributed by atoms with van der Waals surface area (Å²) >= 11 is 5.80. The molecule has 0 aliphatic carbocycles. The Balaban J connectivity index is 1.35. The van der Waals surface area contributed by atoms with Gasteiger partial charge in [0.1, 0.15) is 18.5 Å². The summed E-state index contributed by atoms with van der Waals surface area (Å²) in [7, 11) is 0. The largest absolute Gasteiger partial charge is 0.484 e. The second kappa shape index (κ2) is 11.0. The van der Waals surface area contributed by atoms with Crippen molar-refractivity contribution in [3.05, 3.63) is 35.2 Å². The molecule has 1 aliphatic rings. The molecule has 0 bridgehead atoms. The van der Waals surface area contributed by atoms with E-state index in [1.165, 1.54) is 0 Å². The van der Waals surface area contributed by atoms with E-state index in [1.54, 1.807) is 24.3 Å². The third-order valence-electron chi connectivity index (χ3n) is 4.07. The van der Waals surface area contributed by atoms with Crippen LogP contribution in [-0.4, -0.2) is 55.2 Å². The van der Waals surface area contributed by atoms with E-state index in [-0.39, 0.29) is 50.3 Å². The zero-order valence-electron chi connectivity index (χ0n) is 15.8. The van der Waals surface area contributed by atoms with E-state index >= 15 is 0 Å². The van der Waals surface area contributed by atoms with Crippen LogP contribution in [0.4, 0.5) is 8.78 Å². The van der Waals surface area contributed by atoms with Crippen molar-refractivity contribution < 1.29 is 36.9 Å². The lowest BCUT2D eigenvalue weighted by Gasteiger charge is -2.27. The molecule has 9 nitrogen and oxygen atoms in total. The van der Waals surface area contributed by atoms with Gasteiger partial charge in [-0.15, -0.1) is 5.10 Å². The number of ether oxygens (including phenoxy) is 4. The fourth-order valence-corrected chi connectivity index (χ4v) is 2.81. The predicted octanol–water partition coefficient (Wildman–Crippen LogP) is 2.76. The third-order valence-corrected chi connectivity index (χ3v) is 4.33. The first-order valence-corrected chi connectivity index (χ1v) is 9.52. The standard InChI is InChI=1S/C18H20ClF2N3O6/c19-11-1-4-13(5-2-11)28-10-15(25)22-12-3-6-14(29-9-12)16-23-24-18(30-16)27-8-7-26-17(20)21/h1-2,4-5,12,14,17H,3,6-10H2,(H,22,25)/t12-,14+/m0/s1. The van der Waals surface area contributed by atoms with E-state index in [1.807, 2.05) is 0 Å².